The van der Waals surface area contributed by atoms with Gasteiger partial charge >= 0.3 is 6.03 Å². The van der Waals surface area contributed by atoms with Crippen molar-refractivity contribution in [2.75, 3.05) is 13.6 Å². The third-order valence-corrected chi connectivity index (χ3v) is 4.92. The van der Waals surface area contributed by atoms with Gasteiger partial charge in [-0.15, -0.1) is 0 Å². The van der Waals surface area contributed by atoms with Crippen molar-refractivity contribution in [3.05, 3.63) is 35.9 Å². The molecule has 2 N–H and O–H groups in total. The number of carbonyl (C=O) groups excluding carboxylic acids is 3. The summed E-state index contributed by atoms with van der Waals surface area (Å²) < 4.78 is 0. The summed E-state index contributed by atoms with van der Waals surface area (Å²) in [5.41, 5.74) is 1.03. The number of likely N-dealkylation sites (N-methyl/N-ethyl adjacent to an activating group) is 1. The maximum atomic E-state index is 12.5. The highest BCUT2D eigenvalue weighted by Crippen LogP contribution is 2.29. The average molecular weight is 329 g/mol. The number of hydrogen-bond acceptors (Lipinski definition) is 5. The summed E-state index contributed by atoms with van der Waals surface area (Å²) in [4.78, 5) is 41.8. The summed E-state index contributed by atoms with van der Waals surface area (Å²) in [7, 11) is 1.65. The van der Waals surface area contributed by atoms with Crippen molar-refractivity contribution in [2.45, 2.75) is 31.5 Å². The molecule has 126 valence electrons. The minimum absolute atomic E-state index is 0.0423. The highest BCUT2D eigenvalue weighted by Gasteiger charge is 2.54. The first-order chi connectivity index (χ1) is 11.6. The number of rotatable bonds is 2. The van der Waals surface area contributed by atoms with Crippen LogP contribution >= 0.6 is 0 Å². The van der Waals surface area contributed by atoms with Crippen LogP contribution in [0.3, 0.4) is 0 Å². The van der Waals surface area contributed by atoms with Crippen molar-refractivity contribution in [3.8, 4) is 0 Å². The topological polar surface area (TPSA) is 85.0 Å². The largest absolute Gasteiger partial charge is 0.325 e. The monoisotopic (exact) mass is 329 g/mol. The third kappa shape index (κ3) is 2.26. The maximum absolute atomic E-state index is 12.5. The molecule has 4 rings (SSSR count). The Bertz CT molecular complexity index is 694. The fourth-order valence-electron chi connectivity index (χ4n) is 3.67. The molecule has 0 spiro atoms. The van der Waals surface area contributed by atoms with Crippen LogP contribution in [0, 0.1) is 0 Å². The Morgan fingerprint density at radius 1 is 1.17 bits per heavy atom. The highest BCUT2D eigenvalue weighted by atomic mass is 16.2. The van der Waals surface area contributed by atoms with E-state index in [4.69, 9.17) is 0 Å². The lowest BCUT2D eigenvalue weighted by Gasteiger charge is -2.41. The Kier molecular flexibility index (Phi) is 3.50. The van der Waals surface area contributed by atoms with Crippen molar-refractivity contribution >= 4 is 17.8 Å². The van der Waals surface area contributed by atoms with Gasteiger partial charge in [-0.05, 0) is 5.56 Å². The second-order valence-electron chi connectivity index (χ2n) is 6.33. The number of benzene rings is 1. The first kappa shape index (κ1) is 15.1. The molecule has 8 heteroatoms. The van der Waals surface area contributed by atoms with Crippen molar-refractivity contribution in [2.24, 2.45) is 0 Å². The van der Waals surface area contributed by atoms with Gasteiger partial charge in [0.1, 0.15) is 18.5 Å². The van der Waals surface area contributed by atoms with E-state index in [-0.39, 0.29) is 18.1 Å². The molecule has 4 amide bonds. The molecule has 8 nitrogen and oxygen atoms in total. The Morgan fingerprint density at radius 2 is 1.92 bits per heavy atom. The van der Waals surface area contributed by atoms with Gasteiger partial charge in [0.15, 0.2) is 0 Å². The van der Waals surface area contributed by atoms with E-state index >= 15 is 0 Å². The summed E-state index contributed by atoms with van der Waals surface area (Å²) >= 11 is 0. The van der Waals surface area contributed by atoms with Crippen LogP contribution in [-0.2, 0) is 16.1 Å². The summed E-state index contributed by atoms with van der Waals surface area (Å²) in [6.45, 7) is 0.963. The number of fused-ring (bicyclic) bond motifs is 3. The number of imide groups is 1. The van der Waals surface area contributed by atoms with Gasteiger partial charge < -0.3 is 9.80 Å². The molecule has 24 heavy (non-hydrogen) atoms. The van der Waals surface area contributed by atoms with Gasteiger partial charge in [-0.1, -0.05) is 30.3 Å². The minimum Gasteiger partial charge on any atom is -0.310 e. The van der Waals surface area contributed by atoms with E-state index in [0.717, 1.165) is 5.56 Å². The number of urea groups is 1. The van der Waals surface area contributed by atoms with Crippen LogP contribution < -0.4 is 10.6 Å². The number of nitrogens with zero attached hydrogens (tertiary/aromatic N) is 3. The van der Waals surface area contributed by atoms with Crippen LogP contribution in [0.1, 0.15) is 12.0 Å². The molecule has 3 heterocycles. The van der Waals surface area contributed by atoms with Gasteiger partial charge in [0.05, 0.1) is 0 Å². The van der Waals surface area contributed by atoms with E-state index in [0.29, 0.717) is 19.5 Å². The molecule has 0 bridgehead atoms. The fraction of sp³-hybridized carbons (Fsp3) is 0.438. The van der Waals surface area contributed by atoms with E-state index in [1.807, 2.05) is 35.2 Å². The smallest absolute Gasteiger partial charge is 0.310 e. The lowest BCUT2D eigenvalue weighted by molar-refractivity contribution is -0.148. The summed E-state index contributed by atoms with van der Waals surface area (Å²) in [6, 6.07) is 8.83. The van der Waals surface area contributed by atoms with E-state index in [2.05, 4.69) is 10.6 Å². The first-order valence-electron chi connectivity index (χ1n) is 7.99. The molecule has 1 aromatic rings. The summed E-state index contributed by atoms with van der Waals surface area (Å²) in [5.74, 6) is -0.271. The van der Waals surface area contributed by atoms with Crippen LogP contribution in [0.25, 0.3) is 0 Å². The average Bonchev–Trinajstić information content (AvgIpc) is 2.97. The van der Waals surface area contributed by atoms with Crippen LogP contribution in [0.4, 0.5) is 4.79 Å². The number of hydrogen-bond donors (Lipinski definition) is 2. The number of nitrogens with one attached hydrogen (secondary N) is 2. The number of carbonyl (C=O) groups is 3. The Morgan fingerprint density at radius 3 is 2.67 bits per heavy atom. The van der Waals surface area contributed by atoms with Gasteiger partial charge in [0, 0.05) is 26.6 Å². The van der Waals surface area contributed by atoms with Crippen molar-refractivity contribution in [1.29, 1.82) is 0 Å². The molecule has 3 unspecified atom stereocenters. The molecular weight excluding hydrogens is 310 g/mol. The molecule has 0 radical (unpaired) electrons. The predicted molar refractivity (Wildman–Crippen MR) is 84.1 cm³/mol. The molecular formula is C16H19N5O3. The van der Waals surface area contributed by atoms with Crippen LogP contribution in [0.15, 0.2) is 30.3 Å². The lowest BCUT2D eigenvalue weighted by Crippen LogP contribution is -2.65. The zero-order valence-electron chi connectivity index (χ0n) is 13.3. The lowest BCUT2D eigenvalue weighted by atomic mass is 10.1. The van der Waals surface area contributed by atoms with Gasteiger partial charge in [0.2, 0.25) is 11.8 Å². The molecule has 0 aliphatic carbocycles. The van der Waals surface area contributed by atoms with Gasteiger partial charge in [0.25, 0.3) is 0 Å². The van der Waals surface area contributed by atoms with Gasteiger partial charge in [-0.25, -0.2) is 4.79 Å². The Balaban J connectivity index is 1.62. The summed E-state index contributed by atoms with van der Waals surface area (Å²) in [5, 5.41) is 5.65. The van der Waals surface area contributed by atoms with Crippen LogP contribution in [0.5, 0.6) is 0 Å². The molecule has 0 saturated carbocycles. The van der Waals surface area contributed by atoms with Crippen LogP contribution in [-0.4, -0.2) is 64.6 Å². The Hall–Kier alpha value is -2.45. The second kappa shape index (κ2) is 5.57. The van der Waals surface area contributed by atoms with Crippen LogP contribution in [0.2, 0.25) is 0 Å². The van der Waals surface area contributed by atoms with E-state index in [1.54, 1.807) is 11.9 Å². The molecule has 3 saturated heterocycles. The molecule has 3 aliphatic rings. The minimum atomic E-state index is -0.482. The van der Waals surface area contributed by atoms with Crippen molar-refractivity contribution < 1.29 is 14.4 Å². The second-order valence-corrected chi connectivity index (χ2v) is 6.33. The molecule has 1 aromatic carbocycles. The van der Waals surface area contributed by atoms with Crippen molar-refractivity contribution in [1.82, 2.24) is 25.3 Å². The quantitative estimate of drug-likeness (QED) is 0.763. The SMILES string of the molecule is CN1C(=O)NC(=O)C2C1NC1N(Cc3ccccc3)C(=O)CCN21. The maximum Gasteiger partial charge on any atom is 0.325 e. The zero-order valence-corrected chi connectivity index (χ0v) is 13.3. The van der Waals surface area contributed by atoms with E-state index in [1.165, 1.54) is 4.90 Å². The standard InChI is InChI=1S/C16H19N5O3/c1-19-13-12(14(23)18-16(19)24)20-8-7-11(22)21(15(20)17-13)9-10-5-3-2-4-6-10/h2-6,12-13,15,17H,7-9H2,1H3,(H,18,23,24). The normalized spacial score (nSPS) is 30.2. The molecule has 3 fully saturated rings. The number of amides is 4. The Labute approximate surface area is 139 Å². The zero-order chi connectivity index (χ0) is 16.8. The predicted octanol–water partition coefficient (Wildman–Crippen LogP) is -0.516. The third-order valence-electron chi connectivity index (χ3n) is 4.92. The van der Waals surface area contributed by atoms with Gasteiger partial charge in [-0.3, -0.25) is 25.1 Å². The van der Waals surface area contributed by atoms with E-state index in [9.17, 15) is 14.4 Å². The first-order valence-corrected chi connectivity index (χ1v) is 7.99. The van der Waals surface area contributed by atoms with Gasteiger partial charge in [-0.2, -0.15) is 0 Å². The fourth-order valence-corrected chi connectivity index (χ4v) is 3.67. The van der Waals surface area contributed by atoms with E-state index < -0.39 is 18.2 Å². The molecule has 3 atom stereocenters. The van der Waals surface area contributed by atoms with Crippen molar-refractivity contribution in [3.63, 3.8) is 0 Å². The highest BCUT2D eigenvalue weighted by molar-refractivity contribution is 6.00. The molecule has 3 aliphatic heterocycles. The molecule has 0 aromatic heterocycles. The summed E-state index contributed by atoms with van der Waals surface area (Å²) in [6.07, 6.45) is -0.458.